The summed E-state index contributed by atoms with van der Waals surface area (Å²) in [7, 11) is -0.00118. The van der Waals surface area contributed by atoms with E-state index in [1.54, 1.807) is 30.3 Å². The Labute approximate surface area is 204 Å². The van der Waals surface area contributed by atoms with Gasteiger partial charge in [0, 0.05) is 5.56 Å². The van der Waals surface area contributed by atoms with Crippen LogP contribution in [0.3, 0.4) is 0 Å². The van der Waals surface area contributed by atoms with Crippen LogP contribution < -0.4 is 14.8 Å². The highest BCUT2D eigenvalue weighted by Crippen LogP contribution is 2.40. The van der Waals surface area contributed by atoms with Crippen molar-refractivity contribution in [1.82, 2.24) is 0 Å². The van der Waals surface area contributed by atoms with E-state index >= 15 is 0 Å². The van der Waals surface area contributed by atoms with Crippen LogP contribution in [0.4, 0.5) is 0 Å². The van der Waals surface area contributed by atoms with Crippen molar-refractivity contribution >= 4 is 70.8 Å². The number of methoxy groups -OCH3 is 2. The molecule has 0 fully saturated rings. The summed E-state index contributed by atoms with van der Waals surface area (Å²) in [5.41, 5.74) is -0.944. The van der Waals surface area contributed by atoms with E-state index in [4.69, 9.17) is 55.9 Å². The molecule has 0 aromatic heterocycles. The molecular weight excluding hydrogens is 517 g/mol. The number of hydrogen-bond donors (Lipinski definition) is 0. The number of ether oxygens (including phenoxy) is 2. The molecule has 3 aromatic rings. The number of rotatable bonds is 7. The van der Waals surface area contributed by atoms with Crippen LogP contribution in [0.2, 0.25) is 20.1 Å². The molecule has 0 amide bonds. The van der Waals surface area contributed by atoms with Crippen LogP contribution >= 0.6 is 54.2 Å². The van der Waals surface area contributed by atoms with Crippen LogP contribution in [-0.4, -0.2) is 25.5 Å². The third-order valence-corrected chi connectivity index (χ3v) is 7.53. The van der Waals surface area contributed by atoms with E-state index in [2.05, 4.69) is 0 Å². The molecule has 1 atom stereocenters. The first kappa shape index (κ1) is 24.5. The zero-order valence-corrected chi connectivity index (χ0v) is 20.5. The van der Waals surface area contributed by atoms with Crippen LogP contribution in [0.25, 0.3) is 0 Å². The summed E-state index contributed by atoms with van der Waals surface area (Å²) in [5, 5.41) is -0.154. The third kappa shape index (κ3) is 4.50. The number of hydrogen-bond acceptors (Lipinski definition) is 5. The first-order valence-corrected chi connectivity index (χ1v) is 11.7. The Hall–Kier alpha value is -2.14. The molecule has 10 heteroatoms. The standard InChI is InChI=1S/C22H14Cl4O5P/c1-30-14-7-5-8-15(31-2)17(14)22(28)32(29)16-9-4-3-6-11(16)21(27)18-19(25)12(23)10-13(24)20(18)26/h3-10H,1-2H3. The molecule has 0 aliphatic rings. The van der Waals surface area contributed by atoms with Gasteiger partial charge in [-0.1, -0.05) is 64.6 Å². The number of halogens is 4. The normalized spacial score (nSPS) is 11.1. The third-order valence-electron chi connectivity index (χ3n) is 4.53. The highest BCUT2D eigenvalue weighted by atomic mass is 35.5. The lowest BCUT2D eigenvalue weighted by molar-refractivity contribution is 0.103. The van der Waals surface area contributed by atoms with E-state index in [-0.39, 0.29) is 53.6 Å². The molecule has 5 nitrogen and oxygen atoms in total. The lowest BCUT2D eigenvalue weighted by atomic mass is 10.0. The fourth-order valence-electron chi connectivity index (χ4n) is 3.02. The predicted molar refractivity (Wildman–Crippen MR) is 127 cm³/mol. The second-order valence-corrected chi connectivity index (χ2v) is 9.37. The Morgan fingerprint density at radius 2 is 1.31 bits per heavy atom. The van der Waals surface area contributed by atoms with Crippen molar-refractivity contribution in [3.05, 3.63) is 85.3 Å². The Bertz CT molecular complexity index is 1210. The quantitative estimate of drug-likeness (QED) is 0.190. The van der Waals surface area contributed by atoms with Crippen molar-refractivity contribution in [3.8, 4) is 11.5 Å². The molecule has 0 N–H and O–H groups in total. The molecule has 0 saturated heterocycles. The van der Waals surface area contributed by atoms with Gasteiger partial charge in [0.2, 0.25) is 0 Å². The highest BCUT2D eigenvalue weighted by molar-refractivity contribution is 7.71. The van der Waals surface area contributed by atoms with Gasteiger partial charge in [0.25, 0.3) is 5.52 Å². The molecular formula is C22H14Cl4O5P. The second kappa shape index (κ2) is 10.2. The summed E-state index contributed by atoms with van der Waals surface area (Å²) >= 11 is 24.5. The van der Waals surface area contributed by atoms with Gasteiger partial charge in [-0.15, -0.1) is 0 Å². The van der Waals surface area contributed by atoms with Crippen molar-refractivity contribution in [2.24, 2.45) is 0 Å². The van der Waals surface area contributed by atoms with Gasteiger partial charge in [-0.3, -0.25) is 14.2 Å². The smallest absolute Gasteiger partial charge is 0.254 e. The van der Waals surface area contributed by atoms with Crippen molar-refractivity contribution in [1.29, 1.82) is 0 Å². The van der Waals surface area contributed by atoms with Crippen LogP contribution in [0.15, 0.2) is 48.5 Å². The summed E-state index contributed by atoms with van der Waals surface area (Å²) in [4.78, 5) is 26.6. The van der Waals surface area contributed by atoms with Crippen LogP contribution in [0, 0.1) is 0 Å². The fourth-order valence-corrected chi connectivity index (χ4v) is 5.26. The molecule has 3 aromatic carbocycles. The summed E-state index contributed by atoms with van der Waals surface area (Å²) < 4.78 is 23.8. The second-order valence-electron chi connectivity index (χ2n) is 6.33. The van der Waals surface area contributed by atoms with E-state index in [0.29, 0.717) is 0 Å². The number of carbonyl (C=O) groups excluding carboxylic acids is 2. The molecule has 165 valence electrons. The molecule has 0 heterocycles. The lowest BCUT2D eigenvalue weighted by Crippen LogP contribution is -2.17. The SMILES string of the molecule is COc1cccc(OC)c1C(=O)[P](=O)c1ccccc1C(=O)c1c(Cl)c(Cl)cc(Cl)c1Cl. The fraction of sp³-hybridized carbons (Fsp3) is 0.0909. The average Bonchev–Trinajstić information content (AvgIpc) is 2.81. The topological polar surface area (TPSA) is 69.7 Å². The van der Waals surface area contributed by atoms with Crippen LogP contribution in [0.5, 0.6) is 11.5 Å². The molecule has 1 unspecified atom stereocenters. The molecule has 0 aliphatic carbocycles. The molecule has 0 spiro atoms. The zero-order chi connectivity index (χ0) is 23.6. The molecule has 32 heavy (non-hydrogen) atoms. The summed E-state index contributed by atoms with van der Waals surface area (Å²) in [5.74, 6) is -0.299. The summed E-state index contributed by atoms with van der Waals surface area (Å²) in [6.45, 7) is 0. The molecule has 1 radical (unpaired) electrons. The Morgan fingerprint density at radius 3 is 1.84 bits per heavy atom. The van der Waals surface area contributed by atoms with Crippen LogP contribution in [-0.2, 0) is 4.57 Å². The average molecular weight is 531 g/mol. The van der Waals surface area contributed by atoms with Crippen molar-refractivity contribution in [2.75, 3.05) is 14.2 Å². The van der Waals surface area contributed by atoms with E-state index in [1.165, 1.54) is 32.4 Å². The van der Waals surface area contributed by atoms with Gasteiger partial charge in [0.15, 0.2) is 13.6 Å². The van der Waals surface area contributed by atoms with Crippen molar-refractivity contribution in [3.63, 3.8) is 0 Å². The predicted octanol–water partition coefficient (Wildman–Crippen LogP) is 6.84. The van der Waals surface area contributed by atoms with E-state index in [1.807, 2.05) is 0 Å². The first-order chi connectivity index (χ1) is 15.2. The van der Waals surface area contributed by atoms with Gasteiger partial charge in [-0.2, -0.15) is 0 Å². The summed E-state index contributed by atoms with van der Waals surface area (Å²) in [6, 6.07) is 12.0. The minimum Gasteiger partial charge on any atom is -0.496 e. The van der Waals surface area contributed by atoms with Crippen molar-refractivity contribution < 1.29 is 23.6 Å². The van der Waals surface area contributed by atoms with Crippen LogP contribution in [0.1, 0.15) is 26.3 Å². The minimum absolute atomic E-state index is 0.00253. The van der Waals surface area contributed by atoms with Gasteiger partial charge in [0.1, 0.15) is 17.1 Å². The molecule has 0 saturated carbocycles. The van der Waals surface area contributed by atoms with Gasteiger partial charge < -0.3 is 9.47 Å². The van der Waals surface area contributed by atoms with E-state index < -0.39 is 19.1 Å². The Morgan fingerprint density at radius 1 is 0.781 bits per heavy atom. The Balaban J connectivity index is 2.14. The van der Waals surface area contributed by atoms with Gasteiger partial charge in [-0.05, 0) is 30.3 Å². The van der Waals surface area contributed by atoms with Gasteiger partial charge in [0.05, 0.1) is 45.2 Å². The first-order valence-electron chi connectivity index (χ1n) is 8.92. The summed E-state index contributed by atoms with van der Waals surface area (Å²) in [6.07, 6.45) is 0. The van der Waals surface area contributed by atoms with E-state index in [9.17, 15) is 14.2 Å². The maximum atomic E-state index is 13.4. The minimum atomic E-state index is -2.76. The molecule has 3 rings (SSSR count). The number of carbonyl (C=O) groups is 2. The van der Waals surface area contributed by atoms with Gasteiger partial charge >= 0.3 is 0 Å². The van der Waals surface area contributed by atoms with Crippen molar-refractivity contribution in [2.45, 2.75) is 0 Å². The maximum absolute atomic E-state index is 13.4. The Kier molecular flexibility index (Phi) is 7.81. The molecule has 0 aliphatic heterocycles. The van der Waals surface area contributed by atoms with Gasteiger partial charge in [-0.25, -0.2) is 0 Å². The zero-order valence-electron chi connectivity index (χ0n) is 16.6. The maximum Gasteiger partial charge on any atom is 0.254 e. The highest BCUT2D eigenvalue weighted by Gasteiger charge is 2.30. The largest absolute Gasteiger partial charge is 0.496 e. The lowest BCUT2D eigenvalue weighted by Gasteiger charge is -2.14. The monoisotopic (exact) mass is 529 g/mol. The number of ketones is 1. The molecule has 0 bridgehead atoms. The van der Waals surface area contributed by atoms with E-state index in [0.717, 1.165) is 0 Å². The number of benzene rings is 3.